The van der Waals surface area contributed by atoms with Crippen LogP contribution < -0.4 is 10.2 Å². The zero-order valence-corrected chi connectivity index (χ0v) is 19.9. The van der Waals surface area contributed by atoms with Crippen LogP contribution in [0.2, 0.25) is 0 Å². The maximum absolute atomic E-state index is 12.7. The number of urea groups is 1. The molecule has 8 nitrogen and oxygen atoms in total. The van der Waals surface area contributed by atoms with Crippen molar-refractivity contribution in [1.82, 2.24) is 30.0 Å². The molecule has 0 radical (unpaired) electrons. The summed E-state index contributed by atoms with van der Waals surface area (Å²) in [6.07, 6.45) is 0.882. The molecule has 3 aromatic rings. The van der Waals surface area contributed by atoms with Gasteiger partial charge in [-0.05, 0) is 60.1 Å². The first-order chi connectivity index (χ1) is 15.1. The van der Waals surface area contributed by atoms with E-state index in [1.165, 1.54) is 5.56 Å². The second kappa shape index (κ2) is 8.41. The van der Waals surface area contributed by atoms with Crippen LogP contribution in [0.3, 0.4) is 0 Å². The van der Waals surface area contributed by atoms with E-state index in [0.29, 0.717) is 12.4 Å². The Kier molecular flexibility index (Phi) is 5.79. The number of carbonyl (C=O) groups is 1. The number of hydrogen-bond donors (Lipinski definition) is 1. The second-order valence-corrected chi connectivity index (χ2v) is 9.63. The fourth-order valence-electron chi connectivity index (χ4n) is 4.09. The molecule has 1 fully saturated rings. The highest BCUT2D eigenvalue weighted by molar-refractivity contribution is 5.91. The number of benzene rings is 1. The van der Waals surface area contributed by atoms with Crippen LogP contribution in [0.15, 0.2) is 24.3 Å². The Morgan fingerprint density at radius 2 is 1.69 bits per heavy atom. The lowest BCUT2D eigenvalue weighted by Gasteiger charge is -2.28. The monoisotopic (exact) mass is 435 g/mol. The Bertz CT molecular complexity index is 1130. The molecule has 2 aromatic heterocycles. The van der Waals surface area contributed by atoms with Crippen molar-refractivity contribution in [2.45, 2.75) is 53.5 Å². The Labute approximate surface area is 189 Å². The van der Waals surface area contributed by atoms with E-state index < -0.39 is 0 Å². The minimum absolute atomic E-state index is 0.00765. The van der Waals surface area contributed by atoms with Crippen molar-refractivity contribution in [2.75, 3.05) is 31.1 Å². The number of amides is 2. The molecule has 0 saturated carbocycles. The average molecular weight is 436 g/mol. The molecular formula is C24H33N7O. The Morgan fingerprint density at radius 3 is 2.38 bits per heavy atom. The predicted octanol–water partition coefficient (Wildman–Crippen LogP) is 3.76. The third kappa shape index (κ3) is 4.54. The first kappa shape index (κ1) is 22.0. The maximum atomic E-state index is 12.7. The minimum atomic E-state index is -0.249. The Hall–Kier alpha value is -3.16. The number of anilines is 1. The molecule has 0 bridgehead atoms. The van der Waals surface area contributed by atoms with Crippen molar-refractivity contribution >= 4 is 22.9 Å². The summed E-state index contributed by atoms with van der Waals surface area (Å²) in [5.74, 6) is 1.62. The lowest BCUT2D eigenvalue weighted by Crippen LogP contribution is -2.49. The van der Waals surface area contributed by atoms with E-state index >= 15 is 0 Å². The molecular weight excluding hydrogens is 402 g/mol. The maximum Gasteiger partial charge on any atom is 0.317 e. The minimum Gasteiger partial charge on any atom is -0.354 e. The Morgan fingerprint density at radius 1 is 0.969 bits per heavy atom. The molecule has 170 valence electrons. The number of nitrogens with one attached hydrogen (secondary N) is 1. The van der Waals surface area contributed by atoms with Crippen molar-refractivity contribution < 1.29 is 4.79 Å². The summed E-state index contributed by atoms with van der Waals surface area (Å²) < 4.78 is 1.91. The van der Waals surface area contributed by atoms with Crippen molar-refractivity contribution in [3.8, 4) is 5.69 Å². The first-order valence-corrected chi connectivity index (χ1v) is 11.3. The van der Waals surface area contributed by atoms with E-state index in [1.807, 2.05) is 44.2 Å². The molecule has 2 amide bonds. The van der Waals surface area contributed by atoms with Gasteiger partial charge in [0.1, 0.15) is 11.6 Å². The second-order valence-electron chi connectivity index (χ2n) is 9.63. The summed E-state index contributed by atoms with van der Waals surface area (Å²) in [5.41, 5.74) is 3.67. The van der Waals surface area contributed by atoms with Crippen LogP contribution in [0.25, 0.3) is 16.7 Å². The van der Waals surface area contributed by atoms with E-state index in [0.717, 1.165) is 54.3 Å². The van der Waals surface area contributed by atoms with Crippen LogP contribution in [-0.2, 0) is 0 Å². The zero-order valence-electron chi connectivity index (χ0n) is 19.9. The molecule has 4 rings (SSSR count). The molecule has 1 aromatic carbocycles. The van der Waals surface area contributed by atoms with Crippen LogP contribution >= 0.6 is 0 Å². The van der Waals surface area contributed by atoms with Crippen LogP contribution in [-0.4, -0.2) is 62.4 Å². The lowest BCUT2D eigenvalue weighted by atomic mass is 10.1. The van der Waals surface area contributed by atoms with Gasteiger partial charge in [0.25, 0.3) is 0 Å². The third-order valence-electron chi connectivity index (χ3n) is 5.64. The van der Waals surface area contributed by atoms with Gasteiger partial charge < -0.3 is 15.1 Å². The highest BCUT2D eigenvalue weighted by Gasteiger charge is 2.26. The number of nitrogens with zero attached hydrogens (tertiary/aromatic N) is 6. The van der Waals surface area contributed by atoms with E-state index in [1.54, 1.807) is 0 Å². The predicted molar refractivity (Wildman–Crippen MR) is 128 cm³/mol. The molecule has 0 atom stereocenters. The molecule has 8 heteroatoms. The number of fused-ring (bicyclic) bond motifs is 1. The molecule has 0 aliphatic carbocycles. The number of aromatic nitrogens is 4. The third-order valence-corrected chi connectivity index (χ3v) is 5.64. The fourth-order valence-corrected chi connectivity index (χ4v) is 4.09. The largest absolute Gasteiger partial charge is 0.354 e. The van der Waals surface area contributed by atoms with E-state index in [2.05, 4.69) is 41.4 Å². The van der Waals surface area contributed by atoms with Gasteiger partial charge in [-0.15, -0.1) is 0 Å². The fraction of sp³-hybridized carbons (Fsp3) is 0.500. The summed E-state index contributed by atoms with van der Waals surface area (Å²) in [7, 11) is 0. The van der Waals surface area contributed by atoms with Crippen LogP contribution in [0.1, 0.15) is 44.3 Å². The van der Waals surface area contributed by atoms with Gasteiger partial charge >= 0.3 is 6.03 Å². The van der Waals surface area contributed by atoms with E-state index in [4.69, 9.17) is 15.1 Å². The van der Waals surface area contributed by atoms with Gasteiger partial charge in [-0.1, -0.05) is 17.7 Å². The van der Waals surface area contributed by atoms with Gasteiger partial charge in [0.2, 0.25) is 0 Å². The van der Waals surface area contributed by atoms with Gasteiger partial charge in [0, 0.05) is 31.7 Å². The molecule has 0 unspecified atom stereocenters. The SMILES string of the molecule is Cc1ccc(-n2nc(C)c3c(N4CCCN(C(=O)NC(C)(C)C)CC4)nc(C)nc32)cc1. The molecule has 1 aliphatic heterocycles. The zero-order chi connectivity index (χ0) is 23.0. The molecule has 3 heterocycles. The molecule has 0 spiro atoms. The number of carbonyl (C=O) groups excluding carboxylic acids is 1. The summed E-state index contributed by atoms with van der Waals surface area (Å²) in [6, 6.07) is 8.29. The average Bonchev–Trinajstić information content (AvgIpc) is 2.89. The standard InChI is InChI=1S/C24H33N7O/c1-16-8-10-19(11-9-16)31-22-20(17(2)28-31)21(25-18(3)26-22)29-12-7-13-30(15-14-29)23(32)27-24(4,5)6/h8-11H,7,12-15H2,1-6H3,(H,27,32). The molecule has 1 N–H and O–H groups in total. The number of rotatable bonds is 2. The highest BCUT2D eigenvalue weighted by Crippen LogP contribution is 2.29. The van der Waals surface area contributed by atoms with Crippen LogP contribution in [0.4, 0.5) is 10.6 Å². The topological polar surface area (TPSA) is 79.2 Å². The van der Waals surface area contributed by atoms with Crippen molar-refractivity contribution in [3.63, 3.8) is 0 Å². The quantitative estimate of drug-likeness (QED) is 0.663. The highest BCUT2D eigenvalue weighted by atomic mass is 16.2. The summed E-state index contributed by atoms with van der Waals surface area (Å²) in [4.78, 5) is 26.4. The summed E-state index contributed by atoms with van der Waals surface area (Å²) in [6.45, 7) is 15.0. The van der Waals surface area contributed by atoms with Gasteiger partial charge in [-0.2, -0.15) is 5.10 Å². The van der Waals surface area contributed by atoms with Crippen LogP contribution in [0.5, 0.6) is 0 Å². The molecule has 32 heavy (non-hydrogen) atoms. The van der Waals surface area contributed by atoms with Gasteiger partial charge in [-0.3, -0.25) is 0 Å². The lowest BCUT2D eigenvalue weighted by molar-refractivity contribution is 0.192. The summed E-state index contributed by atoms with van der Waals surface area (Å²) >= 11 is 0. The summed E-state index contributed by atoms with van der Waals surface area (Å²) in [5, 5.41) is 8.86. The van der Waals surface area contributed by atoms with Gasteiger partial charge in [-0.25, -0.2) is 19.4 Å². The van der Waals surface area contributed by atoms with Crippen molar-refractivity contribution in [2.24, 2.45) is 0 Å². The molecule has 1 aliphatic rings. The van der Waals surface area contributed by atoms with Gasteiger partial charge in [0.05, 0.1) is 16.8 Å². The first-order valence-electron chi connectivity index (χ1n) is 11.3. The number of aryl methyl sites for hydroxylation is 3. The normalized spacial score (nSPS) is 15.2. The van der Waals surface area contributed by atoms with Crippen LogP contribution in [0, 0.1) is 20.8 Å². The smallest absolute Gasteiger partial charge is 0.317 e. The molecule has 1 saturated heterocycles. The number of hydrogen-bond acceptors (Lipinski definition) is 5. The van der Waals surface area contributed by atoms with Crippen molar-refractivity contribution in [3.05, 3.63) is 41.3 Å². The van der Waals surface area contributed by atoms with E-state index in [9.17, 15) is 4.79 Å². The van der Waals surface area contributed by atoms with Gasteiger partial charge in [0.15, 0.2) is 5.65 Å². The van der Waals surface area contributed by atoms with E-state index in [-0.39, 0.29) is 11.6 Å². The Balaban J connectivity index is 1.66. The van der Waals surface area contributed by atoms with Crippen molar-refractivity contribution in [1.29, 1.82) is 0 Å².